The summed E-state index contributed by atoms with van der Waals surface area (Å²) in [5.41, 5.74) is 2.63. The number of halogens is 1. The minimum absolute atomic E-state index is 1.03. The van der Waals surface area contributed by atoms with E-state index in [0.717, 1.165) is 11.0 Å². The van der Waals surface area contributed by atoms with E-state index in [9.17, 15) is 0 Å². The van der Waals surface area contributed by atoms with E-state index in [1.807, 2.05) is 17.5 Å². The fraction of sp³-hybridized carbons (Fsp3) is 0.364. The third-order valence-electron chi connectivity index (χ3n) is 2.76. The Morgan fingerprint density at radius 2 is 2.40 bits per heavy atom. The van der Waals surface area contributed by atoms with Gasteiger partial charge in [-0.25, -0.2) is 0 Å². The molecule has 4 heteroatoms. The van der Waals surface area contributed by atoms with Gasteiger partial charge in [-0.3, -0.25) is 4.68 Å². The number of nitrogens with zero attached hydrogens (tertiary/aromatic N) is 2. The van der Waals surface area contributed by atoms with E-state index in [0.29, 0.717) is 0 Å². The molecule has 78 valence electrons. The number of thiophene rings is 1. The molecular formula is C11H11BrN2S. The van der Waals surface area contributed by atoms with E-state index < -0.39 is 0 Å². The molecule has 0 fully saturated rings. The Labute approximate surface area is 101 Å². The largest absolute Gasteiger partial charge is 0.264 e. The summed E-state index contributed by atoms with van der Waals surface area (Å²) in [5, 5.41) is 4.40. The molecule has 0 unspecified atom stereocenters. The first-order valence-electron chi connectivity index (χ1n) is 5.06. The number of hydrogen-bond acceptors (Lipinski definition) is 2. The molecule has 0 saturated carbocycles. The molecule has 1 aliphatic heterocycles. The Hall–Kier alpha value is -0.610. The lowest BCUT2D eigenvalue weighted by molar-refractivity contribution is 0.595. The molecule has 2 aromatic heterocycles. The van der Waals surface area contributed by atoms with Gasteiger partial charge in [0.1, 0.15) is 0 Å². The van der Waals surface area contributed by atoms with Crippen molar-refractivity contribution in [1.29, 1.82) is 0 Å². The first kappa shape index (κ1) is 9.60. The number of hydrogen-bond donors (Lipinski definition) is 0. The lowest BCUT2D eigenvalue weighted by atomic mass is 10.1. The van der Waals surface area contributed by atoms with Gasteiger partial charge in [-0.15, -0.1) is 11.3 Å². The zero-order valence-electron chi connectivity index (χ0n) is 8.46. The van der Waals surface area contributed by atoms with Gasteiger partial charge in [0.15, 0.2) is 0 Å². The summed E-state index contributed by atoms with van der Waals surface area (Å²) < 4.78 is 3.23. The number of fused-ring (bicyclic) bond motifs is 3. The average molecular weight is 283 g/mol. The summed E-state index contributed by atoms with van der Waals surface area (Å²) in [6, 6.07) is 2.28. The Morgan fingerprint density at radius 3 is 3.27 bits per heavy atom. The number of rotatable bonds is 0. The Kier molecular flexibility index (Phi) is 2.21. The highest BCUT2D eigenvalue weighted by molar-refractivity contribution is 9.10. The highest BCUT2D eigenvalue weighted by Gasteiger charge is 2.19. The van der Waals surface area contributed by atoms with Crippen LogP contribution in [0.2, 0.25) is 0 Å². The fourth-order valence-electron chi connectivity index (χ4n) is 2.14. The lowest BCUT2D eigenvalue weighted by Crippen LogP contribution is -1.99. The molecule has 2 nitrogen and oxygen atoms in total. The molecule has 1 aliphatic rings. The smallest absolute Gasteiger partial charge is 0.0835 e. The fourth-order valence-corrected chi connectivity index (χ4v) is 3.73. The summed E-state index contributed by atoms with van der Waals surface area (Å²) in [7, 11) is 0. The first-order chi connectivity index (χ1) is 7.25. The summed E-state index contributed by atoms with van der Waals surface area (Å²) >= 11 is 5.50. The molecule has 0 saturated heterocycles. The van der Waals surface area contributed by atoms with Gasteiger partial charge in [-0.1, -0.05) is 0 Å². The van der Waals surface area contributed by atoms with Gasteiger partial charge >= 0.3 is 0 Å². The van der Waals surface area contributed by atoms with Crippen LogP contribution >= 0.6 is 27.3 Å². The molecule has 0 aliphatic carbocycles. The van der Waals surface area contributed by atoms with Crippen LogP contribution in [-0.4, -0.2) is 9.78 Å². The van der Waals surface area contributed by atoms with Crippen molar-refractivity contribution >= 4 is 27.3 Å². The van der Waals surface area contributed by atoms with E-state index in [-0.39, 0.29) is 0 Å². The number of aryl methyl sites for hydroxylation is 3. The summed E-state index contributed by atoms with van der Waals surface area (Å²) in [4.78, 5) is 2.90. The summed E-state index contributed by atoms with van der Waals surface area (Å²) in [5.74, 6) is 0. The average Bonchev–Trinajstić information content (AvgIpc) is 2.67. The van der Waals surface area contributed by atoms with Crippen LogP contribution in [0.15, 0.2) is 16.7 Å². The quantitative estimate of drug-likeness (QED) is 0.722. The zero-order valence-corrected chi connectivity index (χ0v) is 10.9. The second-order valence-electron chi connectivity index (χ2n) is 3.86. The standard InChI is InChI=1S/C11H11BrN2S/c1-7-5-8-10(15-7)3-2-4-14-11(8)9(12)6-13-14/h5-6H,2-4H2,1H3. The third-order valence-corrected chi connectivity index (χ3v) is 4.45. The molecule has 0 atom stereocenters. The van der Waals surface area contributed by atoms with Crippen molar-refractivity contribution < 1.29 is 0 Å². The molecule has 0 bridgehead atoms. The van der Waals surface area contributed by atoms with Gasteiger partial charge in [-0.2, -0.15) is 5.10 Å². The van der Waals surface area contributed by atoms with Crippen LogP contribution in [0.1, 0.15) is 16.2 Å². The minimum atomic E-state index is 1.03. The molecule has 15 heavy (non-hydrogen) atoms. The predicted molar refractivity (Wildman–Crippen MR) is 66.3 cm³/mol. The van der Waals surface area contributed by atoms with Crippen molar-refractivity contribution in [3.05, 3.63) is 26.5 Å². The lowest BCUT2D eigenvalue weighted by Gasteiger charge is -2.02. The van der Waals surface area contributed by atoms with Crippen LogP contribution in [0.25, 0.3) is 11.3 Å². The highest BCUT2D eigenvalue weighted by Crippen LogP contribution is 2.38. The molecule has 0 aromatic carbocycles. The maximum absolute atomic E-state index is 4.40. The van der Waals surface area contributed by atoms with Crippen LogP contribution in [0.4, 0.5) is 0 Å². The SMILES string of the molecule is Cc1cc2c(s1)CCCn1ncc(Br)c1-2. The van der Waals surface area contributed by atoms with Gasteiger partial charge in [0, 0.05) is 21.9 Å². The molecule has 3 heterocycles. The van der Waals surface area contributed by atoms with Gasteiger partial charge in [0.2, 0.25) is 0 Å². The molecular weight excluding hydrogens is 272 g/mol. The van der Waals surface area contributed by atoms with Crippen LogP contribution in [0.5, 0.6) is 0 Å². The number of aromatic nitrogens is 2. The molecule has 0 spiro atoms. The topological polar surface area (TPSA) is 17.8 Å². The van der Waals surface area contributed by atoms with Crippen molar-refractivity contribution in [2.45, 2.75) is 26.3 Å². The molecule has 0 amide bonds. The summed E-state index contributed by atoms with van der Waals surface area (Å²) in [6.07, 6.45) is 4.27. The third kappa shape index (κ3) is 1.47. The Bertz CT molecular complexity index is 513. The molecule has 0 radical (unpaired) electrons. The van der Waals surface area contributed by atoms with E-state index >= 15 is 0 Å². The van der Waals surface area contributed by atoms with Crippen LogP contribution in [0, 0.1) is 6.92 Å². The van der Waals surface area contributed by atoms with E-state index in [1.54, 1.807) is 0 Å². The predicted octanol–water partition coefficient (Wildman–Crippen LogP) is 3.63. The normalized spacial score (nSPS) is 14.5. The maximum Gasteiger partial charge on any atom is 0.0835 e. The van der Waals surface area contributed by atoms with E-state index in [4.69, 9.17) is 0 Å². The van der Waals surface area contributed by atoms with E-state index in [1.165, 1.54) is 33.9 Å². The van der Waals surface area contributed by atoms with Gasteiger partial charge < -0.3 is 0 Å². The van der Waals surface area contributed by atoms with Crippen LogP contribution in [0.3, 0.4) is 0 Å². The maximum atomic E-state index is 4.40. The second-order valence-corrected chi connectivity index (χ2v) is 6.06. The van der Waals surface area contributed by atoms with Crippen molar-refractivity contribution in [1.82, 2.24) is 9.78 Å². The molecule has 2 aromatic rings. The Morgan fingerprint density at radius 1 is 1.53 bits per heavy atom. The Balaban J connectivity index is 2.29. The van der Waals surface area contributed by atoms with Crippen molar-refractivity contribution in [3.8, 4) is 11.3 Å². The minimum Gasteiger partial charge on any atom is -0.264 e. The van der Waals surface area contributed by atoms with Gasteiger partial charge in [0.05, 0.1) is 16.4 Å². The summed E-state index contributed by atoms with van der Waals surface area (Å²) in [6.45, 7) is 3.20. The first-order valence-corrected chi connectivity index (χ1v) is 6.67. The van der Waals surface area contributed by atoms with E-state index in [2.05, 4.69) is 38.7 Å². The second kappa shape index (κ2) is 3.46. The van der Waals surface area contributed by atoms with Gasteiger partial charge in [0.25, 0.3) is 0 Å². The van der Waals surface area contributed by atoms with Crippen molar-refractivity contribution in [2.24, 2.45) is 0 Å². The monoisotopic (exact) mass is 282 g/mol. The van der Waals surface area contributed by atoms with Gasteiger partial charge in [-0.05, 0) is 41.8 Å². The van der Waals surface area contributed by atoms with Crippen molar-refractivity contribution in [2.75, 3.05) is 0 Å². The van der Waals surface area contributed by atoms with Crippen molar-refractivity contribution in [3.63, 3.8) is 0 Å². The van der Waals surface area contributed by atoms with Crippen LogP contribution in [-0.2, 0) is 13.0 Å². The van der Waals surface area contributed by atoms with Crippen LogP contribution < -0.4 is 0 Å². The highest BCUT2D eigenvalue weighted by atomic mass is 79.9. The zero-order chi connectivity index (χ0) is 10.4. The molecule has 0 N–H and O–H groups in total. The molecule has 3 rings (SSSR count).